The van der Waals surface area contributed by atoms with Crippen molar-refractivity contribution in [2.75, 3.05) is 53.6 Å². The van der Waals surface area contributed by atoms with Crippen LogP contribution in [-0.2, 0) is 9.47 Å². The van der Waals surface area contributed by atoms with Crippen molar-refractivity contribution in [3.05, 3.63) is 0 Å². The van der Waals surface area contributed by atoms with Gasteiger partial charge in [0, 0.05) is 33.4 Å². The second-order valence-corrected chi connectivity index (χ2v) is 4.70. The summed E-state index contributed by atoms with van der Waals surface area (Å²) in [4.78, 5) is 2.44. The standard InChI is InChI=1S/C13H30N2O2/c1-6-14-9-12(2)10-15(7-8-16-4)13(3)11-17-5/h12-14H,6-11H2,1-5H3. The van der Waals surface area contributed by atoms with Crippen LogP contribution in [0.3, 0.4) is 0 Å². The quantitative estimate of drug-likeness (QED) is 0.594. The first-order valence-corrected chi connectivity index (χ1v) is 6.58. The van der Waals surface area contributed by atoms with Gasteiger partial charge in [0.05, 0.1) is 13.2 Å². The van der Waals surface area contributed by atoms with E-state index in [0.717, 1.165) is 39.4 Å². The third kappa shape index (κ3) is 8.55. The Balaban J connectivity index is 4.06. The van der Waals surface area contributed by atoms with E-state index in [-0.39, 0.29) is 0 Å². The Bertz CT molecular complexity index is 167. The Morgan fingerprint density at radius 3 is 2.41 bits per heavy atom. The lowest BCUT2D eigenvalue weighted by Gasteiger charge is -2.31. The maximum absolute atomic E-state index is 5.23. The zero-order valence-electron chi connectivity index (χ0n) is 12.2. The number of nitrogens with zero attached hydrogens (tertiary/aromatic N) is 1. The molecule has 0 bridgehead atoms. The molecule has 0 spiro atoms. The minimum atomic E-state index is 0.444. The summed E-state index contributed by atoms with van der Waals surface area (Å²) >= 11 is 0. The van der Waals surface area contributed by atoms with Crippen molar-refractivity contribution in [2.24, 2.45) is 5.92 Å². The SMILES string of the molecule is CCNCC(C)CN(CCOC)C(C)COC. The zero-order valence-corrected chi connectivity index (χ0v) is 12.2. The van der Waals surface area contributed by atoms with Crippen molar-refractivity contribution >= 4 is 0 Å². The lowest BCUT2D eigenvalue weighted by molar-refractivity contribution is 0.0665. The van der Waals surface area contributed by atoms with Crippen LogP contribution >= 0.6 is 0 Å². The predicted octanol–water partition coefficient (Wildman–Crippen LogP) is 1.22. The van der Waals surface area contributed by atoms with E-state index in [1.54, 1.807) is 14.2 Å². The summed E-state index contributed by atoms with van der Waals surface area (Å²) in [6.45, 7) is 12.3. The van der Waals surface area contributed by atoms with Gasteiger partial charge in [-0.15, -0.1) is 0 Å². The third-order valence-corrected chi connectivity index (χ3v) is 2.90. The summed E-state index contributed by atoms with van der Waals surface area (Å²) in [7, 11) is 3.51. The summed E-state index contributed by atoms with van der Waals surface area (Å²) in [6.07, 6.45) is 0. The molecule has 0 aromatic carbocycles. The lowest BCUT2D eigenvalue weighted by Crippen LogP contribution is -2.42. The van der Waals surface area contributed by atoms with Gasteiger partial charge in [-0.05, 0) is 25.9 Å². The molecule has 2 atom stereocenters. The predicted molar refractivity (Wildman–Crippen MR) is 72.5 cm³/mol. The van der Waals surface area contributed by atoms with Crippen LogP contribution in [-0.4, -0.2) is 64.6 Å². The van der Waals surface area contributed by atoms with Crippen molar-refractivity contribution in [3.8, 4) is 0 Å². The number of nitrogens with one attached hydrogen (secondary N) is 1. The van der Waals surface area contributed by atoms with Gasteiger partial charge in [0.1, 0.15) is 0 Å². The second kappa shape index (κ2) is 11.0. The molecule has 0 aliphatic heterocycles. The van der Waals surface area contributed by atoms with Gasteiger partial charge in [-0.25, -0.2) is 0 Å². The van der Waals surface area contributed by atoms with E-state index in [9.17, 15) is 0 Å². The van der Waals surface area contributed by atoms with Gasteiger partial charge in [0.25, 0.3) is 0 Å². The van der Waals surface area contributed by atoms with Crippen LogP contribution in [0.15, 0.2) is 0 Å². The van der Waals surface area contributed by atoms with Crippen molar-refractivity contribution in [1.29, 1.82) is 0 Å². The van der Waals surface area contributed by atoms with Crippen molar-refractivity contribution in [2.45, 2.75) is 26.8 Å². The Kier molecular flexibility index (Phi) is 10.9. The average Bonchev–Trinajstić information content (AvgIpc) is 2.32. The zero-order chi connectivity index (χ0) is 13.1. The topological polar surface area (TPSA) is 33.7 Å². The fourth-order valence-electron chi connectivity index (χ4n) is 1.90. The van der Waals surface area contributed by atoms with Gasteiger partial charge in [-0.3, -0.25) is 4.90 Å². The molecule has 0 aromatic rings. The third-order valence-electron chi connectivity index (χ3n) is 2.90. The summed E-state index contributed by atoms with van der Waals surface area (Å²) in [5.41, 5.74) is 0. The highest BCUT2D eigenvalue weighted by Gasteiger charge is 2.16. The molecule has 0 aliphatic carbocycles. The maximum atomic E-state index is 5.23. The van der Waals surface area contributed by atoms with E-state index in [2.05, 4.69) is 31.0 Å². The van der Waals surface area contributed by atoms with Gasteiger partial charge in [-0.1, -0.05) is 13.8 Å². The van der Waals surface area contributed by atoms with Crippen molar-refractivity contribution < 1.29 is 9.47 Å². The molecule has 0 saturated heterocycles. The van der Waals surface area contributed by atoms with E-state index in [1.165, 1.54) is 0 Å². The Hall–Kier alpha value is -0.160. The molecule has 0 heterocycles. The molecule has 0 amide bonds. The van der Waals surface area contributed by atoms with E-state index in [1.807, 2.05) is 0 Å². The van der Waals surface area contributed by atoms with Crippen LogP contribution in [0.4, 0.5) is 0 Å². The molecular formula is C13H30N2O2. The van der Waals surface area contributed by atoms with Crippen LogP contribution < -0.4 is 5.32 Å². The fourth-order valence-corrected chi connectivity index (χ4v) is 1.90. The van der Waals surface area contributed by atoms with Gasteiger partial charge >= 0.3 is 0 Å². The summed E-state index contributed by atoms with van der Waals surface area (Å²) in [5.74, 6) is 0.645. The van der Waals surface area contributed by atoms with Crippen LogP contribution in [0.25, 0.3) is 0 Å². The van der Waals surface area contributed by atoms with Crippen molar-refractivity contribution in [3.63, 3.8) is 0 Å². The first-order chi connectivity index (χ1) is 8.15. The molecule has 0 saturated carbocycles. The molecule has 0 fully saturated rings. The van der Waals surface area contributed by atoms with Gasteiger partial charge in [0.2, 0.25) is 0 Å². The van der Waals surface area contributed by atoms with Crippen LogP contribution in [0.5, 0.6) is 0 Å². The Morgan fingerprint density at radius 1 is 1.18 bits per heavy atom. The molecule has 4 nitrogen and oxygen atoms in total. The smallest absolute Gasteiger partial charge is 0.0615 e. The van der Waals surface area contributed by atoms with Crippen LogP contribution in [0.1, 0.15) is 20.8 Å². The minimum absolute atomic E-state index is 0.444. The molecule has 104 valence electrons. The highest BCUT2D eigenvalue weighted by atomic mass is 16.5. The largest absolute Gasteiger partial charge is 0.383 e. The lowest BCUT2D eigenvalue weighted by atomic mass is 10.1. The molecule has 1 N–H and O–H groups in total. The van der Waals surface area contributed by atoms with Crippen LogP contribution in [0, 0.1) is 5.92 Å². The van der Waals surface area contributed by atoms with Gasteiger partial charge in [0.15, 0.2) is 0 Å². The summed E-state index contributed by atoms with van der Waals surface area (Å²) < 4.78 is 10.4. The van der Waals surface area contributed by atoms with E-state index < -0.39 is 0 Å². The first kappa shape index (κ1) is 16.8. The molecule has 0 rings (SSSR count). The monoisotopic (exact) mass is 246 g/mol. The number of rotatable bonds is 11. The van der Waals surface area contributed by atoms with E-state index in [0.29, 0.717) is 12.0 Å². The van der Waals surface area contributed by atoms with E-state index >= 15 is 0 Å². The second-order valence-electron chi connectivity index (χ2n) is 4.70. The van der Waals surface area contributed by atoms with Crippen molar-refractivity contribution in [1.82, 2.24) is 10.2 Å². The average molecular weight is 246 g/mol. The summed E-state index contributed by atoms with van der Waals surface area (Å²) in [5, 5.41) is 3.39. The molecular weight excluding hydrogens is 216 g/mol. The molecule has 17 heavy (non-hydrogen) atoms. The first-order valence-electron chi connectivity index (χ1n) is 6.58. The van der Waals surface area contributed by atoms with E-state index in [4.69, 9.17) is 9.47 Å². The minimum Gasteiger partial charge on any atom is -0.383 e. The molecule has 0 radical (unpaired) electrons. The summed E-state index contributed by atoms with van der Waals surface area (Å²) in [6, 6.07) is 0.444. The normalized spacial score (nSPS) is 15.2. The number of methoxy groups -OCH3 is 2. The Labute approximate surface area is 107 Å². The fraction of sp³-hybridized carbons (Fsp3) is 1.00. The number of hydrogen-bond acceptors (Lipinski definition) is 4. The molecule has 0 aromatic heterocycles. The van der Waals surface area contributed by atoms with Gasteiger partial charge in [-0.2, -0.15) is 0 Å². The molecule has 2 unspecified atom stereocenters. The van der Waals surface area contributed by atoms with Gasteiger partial charge < -0.3 is 14.8 Å². The number of ether oxygens (including phenoxy) is 2. The Morgan fingerprint density at radius 2 is 1.88 bits per heavy atom. The van der Waals surface area contributed by atoms with Crippen LogP contribution in [0.2, 0.25) is 0 Å². The maximum Gasteiger partial charge on any atom is 0.0615 e. The molecule has 0 aliphatic rings. The highest BCUT2D eigenvalue weighted by Crippen LogP contribution is 2.05. The highest BCUT2D eigenvalue weighted by molar-refractivity contribution is 4.70. The molecule has 4 heteroatoms. The number of hydrogen-bond donors (Lipinski definition) is 1.